The number of methoxy groups -OCH3 is 1. The van der Waals surface area contributed by atoms with E-state index in [1.54, 1.807) is 12.0 Å². The third-order valence-electron chi connectivity index (χ3n) is 5.31. The van der Waals surface area contributed by atoms with E-state index in [0.717, 1.165) is 24.2 Å². The van der Waals surface area contributed by atoms with Gasteiger partial charge in [0, 0.05) is 38.6 Å². The predicted octanol–water partition coefficient (Wildman–Crippen LogP) is 1.83. The molecule has 2 heterocycles. The van der Waals surface area contributed by atoms with Gasteiger partial charge in [-0.15, -0.1) is 0 Å². The van der Waals surface area contributed by atoms with E-state index in [0.29, 0.717) is 38.7 Å². The van der Waals surface area contributed by atoms with Crippen LogP contribution in [-0.2, 0) is 6.54 Å². The molecule has 0 spiro atoms. The molecule has 8 nitrogen and oxygen atoms in total. The highest BCUT2D eigenvalue weighted by atomic mass is 19.1. The van der Waals surface area contributed by atoms with Gasteiger partial charge in [0.1, 0.15) is 5.75 Å². The highest BCUT2D eigenvalue weighted by Crippen LogP contribution is 2.39. The second-order valence-electron chi connectivity index (χ2n) is 7.34. The minimum atomic E-state index is -0.771. The number of hydrogen-bond acceptors (Lipinski definition) is 5. The first-order chi connectivity index (χ1) is 14.0. The lowest BCUT2D eigenvalue weighted by Gasteiger charge is -2.35. The molecule has 1 saturated heterocycles. The Morgan fingerprint density at radius 2 is 1.93 bits per heavy atom. The van der Waals surface area contributed by atoms with E-state index in [9.17, 15) is 14.0 Å². The molecule has 2 amide bonds. The Bertz CT molecular complexity index is 934. The van der Waals surface area contributed by atoms with Crippen LogP contribution in [0.1, 0.15) is 30.0 Å². The fourth-order valence-electron chi connectivity index (χ4n) is 3.40. The lowest BCUT2D eigenvalue weighted by molar-refractivity contribution is 0.193. The molecular weight excluding hydrogens is 377 g/mol. The molecule has 9 heteroatoms. The number of amides is 2. The molecule has 2 aromatic rings. The number of H-pyrrole nitrogens is 1. The van der Waals surface area contributed by atoms with Gasteiger partial charge in [-0.05, 0) is 30.5 Å². The maximum atomic E-state index is 14.0. The summed E-state index contributed by atoms with van der Waals surface area (Å²) in [4.78, 5) is 34.8. The normalized spacial score (nSPS) is 16.6. The maximum absolute atomic E-state index is 14.0. The Hall–Kier alpha value is -3.10. The summed E-state index contributed by atoms with van der Waals surface area (Å²) in [6, 6.07) is 7.38. The molecule has 29 heavy (non-hydrogen) atoms. The molecule has 2 aliphatic rings. The number of rotatable bonds is 5. The number of piperazine rings is 1. The van der Waals surface area contributed by atoms with Crippen LogP contribution in [0, 0.1) is 5.82 Å². The number of nitrogens with one attached hydrogen (secondary N) is 2. The zero-order valence-corrected chi connectivity index (χ0v) is 16.3. The average Bonchev–Trinajstić information content (AvgIpc) is 3.59. The fourth-order valence-corrected chi connectivity index (χ4v) is 3.40. The van der Waals surface area contributed by atoms with Crippen molar-refractivity contribution in [3.8, 4) is 5.75 Å². The van der Waals surface area contributed by atoms with Crippen molar-refractivity contribution in [1.82, 2.24) is 20.2 Å². The molecule has 0 radical (unpaired) electrons. The van der Waals surface area contributed by atoms with E-state index in [2.05, 4.69) is 15.3 Å². The van der Waals surface area contributed by atoms with Crippen LogP contribution in [0.15, 0.2) is 29.1 Å². The molecule has 1 aliphatic carbocycles. The summed E-state index contributed by atoms with van der Waals surface area (Å²) in [5.74, 6) is 0.443. The van der Waals surface area contributed by atoms with Crippen LogP contribution in [-0.4, -0.2) is 54.2 Å². The Labute approximate surface area is 167 Å². The Balaban J connectivity index is 1.32. The van der Waals surface area contributed by atoms with Crippen LogP contribution in [0.3, 0.4) is 0 Å². The monoisotopic (exact) mass is 401 g/mol. The molecule has 1 aromatic carbocycles. The number of nitrogens with zero attached hydrogens (tertiary/aromatic N) is 3. The standard InChI is InChI=1S/C20H24FN5O3/c1-29-15-6-2-13(3-7-15)12-22-20(28)26-10-8-25(9-11-26)19-23-17(14-4-5-14)16(21)18(27)24-19/h2-3,6-7,14H,4-5,8-12H2,1H3,(H,22,28)(H,23,24,27). The number of aromatic amines is 1. The van der Waals surface area contributed by atoms with Crippen LogP contribution in [0.2, 0.25) is 0 Å². The van der Waals surface area contributed by atoms with Crippen LogP contribution in [0.4, 0.5) is 15.1 Å². The van der Waals surface area contributed by atoms with Crippen molar-refractivity contribution >= 4 is 12.0 Å². The molecule has 0 unspecified atom stereocenters. The van der Waals surface area contributed by atoms with Crippen LogP contribution >= 0.6 is 0 Å². The summed E-state index contributed by atoms with van der Waals surface area (Å²) < 4.78 is 19.1. The summed E-state index contributed by atoms with van der Waals surface area (Å²) in [5.41, 5.74) is 0.526. The first-order valence-corrected chi connectivity index (χ1v) is 9.75. The largest absolute Gasteiger partial charge is 0.497 e. The molecule has 1 aliphatic heterocycles. The number of benzene rings is 1. The highest BCUT2D eigenvalue weighted by molar-refractivity contribution is 5.74. The van der Waals surface area contributed by atoms with Gasteiger partial charge in [-0.3, -0.25) is 9.78 Å². The summed E-state index contributed by atoms with van der Waals surface area (Å²) in [7, 11) is 1.61. The van der Waals surface area contributed by atoms with Gasteiger partial charge in [-0.1, -0.05) is 12.1 Å². The molecule has 2 N–H and O–H groups in total. The van der Waals surface area contributed by atoms with E-state index >= 15 is 0 Å². The van der Waals surface area contributed by atoms with E-state index in [1.807, 2.05) is 29.2 Å². The smallest absolute Gasteiger partial charge is 0.317 e. The Kier molecular flexibility index (Phi) is 5.37. The quantitative estimate of drug-likeness (QED) is 0.798. The van der Waals surface area contributed by atoms with Crippen LogP contribution < -0.4 is 20.5 Å². The first kappa shape index (κ1) is 19.2. The molecule has 2 fully saturated rings. The minimum absolute atomic E-state index is 0.0565. The lowest BCUT2D eigenvalue weighted by Crippen LogP contribution is -2.52. The Morgan fingerprint density at radius 3 is 2.55 bits per heavy atom. The summed E-state index contributed by atoms with van der Waals surface area (Å²) in [5, 5.41) is 2.91. The van der Waals surface area contributed by atoms with Gasteiger partial charge in [0.15, 0.2) is 0 Å². The number of anilines is 1. The molecular formula is C20H24FN5O3. The number of urea groups is 1. The second-order valence-corrected chi connectivity index (χ2v) is 7.34. The SMILES string of the molecule is COc1ccc(CNC(=O)N2CCN(c3nc(C4CC4)c(F)c(=O)[nH]3)CC2)cc1. The molecule has 4 rings (SSSR count). The number of carbonyl (C=O) groups is 1. The van der Waals surface area contributed by atoms with E-state index < -0.39 is 11.4 Å². The third kappa shape index (κ3) is 4.33. The van der Waals surface area contributed by atoms with Gasteiger partial charge in [0.05, 0.1) is 12.8 Å². The van der Waals surface area contributed by atoms with E-state index in [1.165, 1.54) is 0 Å². The van der Waals surface area contributed by atoms with Crippen molar-refractivity contribution in [1.29, 1.82) is 0 Å². The van der Waals surface area contributed by atoms with Gasteiger partial charge in [0.25, 0.3) is 5.56 Å². The number of ether oxygens (including phenoxy) is 1. The van der Waals surface area contributed by atoms with Gasteiger partial charge >= 0.3 is 6.03 Å². The third-order valence-corrected chi connectivity index (χ3v) is 5.31. The van der Waals surface area contributed by atoms with Crippen LogP contribution in [0.25, 0.3) is 0 Å². The van der Waals surface area contributed by atoms with E-state index in [4.69, 9.17) is 4.74 Å². The van der Waals surface area contributed by atoms with Crippen LogP contribution in [0.5, 0.6) is 5.75 Å². The molecule has 0 bridgehead atoms. The topological polar surface area (TPSA) is 90.6 Å². The predicted molar refractivity (Wildman–Crippen MR) is 106 cm³/mol. The molecule has 1 aromatic heterocycles. The van der Waals surface area contributed by atoms with Gasteiger partial charge in [-0.2, -0.15) is 4.39 Å². The summed E-state index contributed by atoms with van der Waals surface area (Å²) >= 11 is 0. The number of aromatic nitrogens is 2. The minimum Gasteiger partial charge on any atom is -0.497 e. The highest BCUT2D eigenvalue weighted by Gasteiger charge is 2.31. The summed E-state index contributed by atoms with van der Waals surface area (Å²) in [6.07, 6.45) is 1.74. The van der Waals surface area contributed by atoms with Gasteiger partial charge in [-0.25, -0.2) is 9.78 Å². The number of halogens is 1. The maximum Gasteiger partial charge on any atom is 0.317 e. The average molecular weight is 401 g/mol. The zero-order chi connectivity index (χ0) is 20.4. The summed E-state index contributed by atoms with van der Waals surface area (Å²) in [6.45, 7) is 2.46. The number of hydrogen-bond donors (Lipinski definition) is 2. The van der Waals surface area contributed by atoms with Crippen molar-refractivity contribution in [2.45, 2.75) is 25.3 Å². The second kappa shape index (κ2) is 8.10. The van der Waals surface area contributed by atoms with E-state index in [-0.39, 0.29) is 17.6 Å². The van der Waals surface area contributed by atoms with Crippen molar-refractivity contribution < 1.29 is 13.9 Å². The fraction of sp³-hybridized carbons (Fsp3) is 0.450. The Morgan fingerprint density at radius 1 is 1.24 bits per heavy atom. The van der Waals surface area contributed by atoms with Crippen molar-refractivity contribution in [2.75, 3.05) is 38.2 Å². The van der Waals surface area contributed by atoms with Crippen molar-refractivity contribution in [3.05, 3.63) is 51.7 Å². The van der Waals surface area contributed by atoms with Gasteiger partial charge < -0.3 is 19.9 Å². The van der Waals surface area contributed by atoms with Crippen molar-refractivity contribution in [3.63, 3.8) is 0 Å². The molecule has 0 atom stereocenters. The molecule has 154 valence electrons. The number of carbonyl (C=O) groups excluding carboxylic acids is 1. The lowest BCUT2D eigenvalue weighted by atomic mass is 10.2. The molecule has 1 saturated carbocycles. The first-order valence-electron chi connectivity index (χ1n) is 9.75. The van der Waals surface area contributed by atoms with Crippen molar-refractivity contribution in [2.24, 2.45) is 0 Å². The van der Waals surface area contributed by atoms with Gasteiger partial charge in [0.2, 0.25) is 11.8 Å². The zero-order valence-electron chi connectivity index (χ0n) is 16.3.